The van der Waals surface area contributed by atoms with Gasteiger partial charge in [0, 0.05) is 6.42 Å². The van der Waals surface area contributed by atoms with Gasteiger partial charge in [-0.15, -0.1) is 0 Å². The van der Waals surface area contributed by atoms with Crippen LogP contribution < -0.4 is 19.5 Å². The highest BCUT2D eigenvalue weighted by atomic mass is 16.7. The second-order valence-corrected chi connectivity index (χ2v) is 23.0. The van der Waals surface area contributed by atoms with E-state index in [2.05, 4.69) is 26.1 Å². The van der Waals surface area contributed by atoms with Crippen LogP contribution in [0.25, 0.3) is 0 Å². The number of benzene rings is 2. The highest BCUT2D eigenvalue weighted by molar-refractivity contribution is 6.45. The molecule has 0 aromatic heterocycles. The number of rotatable bonds is 12. The van der Waals surface area contributed by atoms with Crippen molar-refractivity contribution in [1.29, 1.82) is 0 Å². The van der Waals surface area contributed by atoms with E-state index in [4.69, 9.17) is 42.5 Å². The monoisotopic (exact) mass is 934 g/mol. The number of hydrogen-bond acceptors (Lipinski definition) is 14. The third-order valence-corrected chi connectivity index (χ3v) is 12.4. The minimum Gasteiger partial charge on any atom is -0.486 e. The summed E-state index contributed by atoms with van der Waals surface area (Å²) in [5, 5.41) is 2.72. The van der Waals surface area contributed by atoms with Crippen molar-refractivity contribution in [2.45, 2.75) is 182 Å². The van der Waals surface area contributed by atoms with E-state index in [1.54, 1.807) is 119 Å². The normalized spacial score (nSPS) is 22.8. The van der Waals surface area contributed by atoms with Crippen molar-refractivity contribution in [3.05, 3.63) is 53.1 Å². The molecule has 1 N–H and O–H groups in total. The molecule has 7 rings (SSSR count). The molecule has 5 atom stereocenters. The van der Waals surface area contributed by atoms with Crippen LogP contribution >= 0.6 is 0 Å². The van der Waals surface area contributed by atoms with Gasteiger partial charge in [-0.1, -0.05) is 32.0 Å². The topological polar surface area (TPSA) is 184 Å². The average molecular weight is 935 g/mol. The third kappa shape index (κ3) is 12.9. The van der Waals surface area contributed by atoms with Crippen LogP contribution in [0.3, 0.4) is 0 Å². The molecule has 368 valence electrons. The quantitative estimate of drug-likeness (QED) is 0.0919. The van der Waals surface area contributed by atoms with Crippen LogP contribution in [0.1, 0.15) is 138 Å². The highest BCUT2D eigenvalue weighted by Crippen LogP contribution is 2.65. The van der Waals surface area contributed by atoms with Gasteiger partial charge in [0.15, 0.2) is 5.75 Å². The Morgan fingerprint density at radius 3 is 1.91 bits per heavy atom. The molecule has 2 aliphatic heterocycles. The second kappa shape index (κ2) is 18.8. The summed E-state index contributed by atoms with van der Waals surface area (Å²) in [6.45, 7) is 27.6. The molecular formula is C50H71BN2O14. The minimum absolute atomic E-state index is 0.0175. The van der Waals surface area contributed by atoms with E-state index in [1.807, 2.05) is 0 Å². The maximum Gasteiger partial charge on any atom is 0.514 e. The summed E-state index contributed by atoms with van der Waals surface area (Å²) in [6, 6.07) is 8.83. The molecule has 2 saturated heterocycles. The molecule has 2 aromatic carbocycles. The van der Waals surface area contributed by atoms with Gasteiger partial charge < -0.3 is 52.7 Å². The molecule has 3 aliphatic carbocycles. The predicted octanol–water partition coefficient (Wildman–Crippen LogP) is 9.27. The van der Waals surface area contributed by atoms with Crippen molar-refractivity contribution >= 4 is 37.4 Å². The first kappa shape index (κ1) is 51.4. The molecule has 2 bridgehead atoms. The number of alkyl carbamates (subject to hydrolysis) is 1. The first-order chi connectivity index (χ1) is 30.8. The number of nitrogens with zero attached hydrogens (tertiary/aromatic N) is 1. The highest BCUT2D eigenvalue weighted by Gasteiger charge is 2.67. The van der Waals surface area contributed by atoms with Gasteiger partial charge in [0.2, 0.25) is 5.91 Å². The van der Waals surface area contributed by atoms with E-state index in [-0.39, 0.29) is 53.8 Å². The molecule has 2 heterocycles. The molecule has 17 heteroatoms. The number of hydrogen-bond donors (Lipinski definition) is 1. The van der Waals surface area contributed by atoms with Crippen LogP contribution in [-0.2, 0) is 45.9 Å². The van der Waals surface area contributed by atoms with Gasteiger partial charge in [-0.2, -0.15) is 0 Å². The predicted molar refractivity (Wildman–Crippen MR) is 248 cm³/mol. The van der Waals surface area contributed by atoms with Crippen LogP contribution in [0, 0.1) is 17.3 Å². The molecule has 5 fully saturated rings. The number of esters is 1. The maximum atomic E-state index is 14.2. The molecule has 0 spiro atoms. The Balaban J connectivity index is 1.21. The Kier molecular flexibility index (Phi) is 14.4. The van der Waals surface area contributed by atoms with Crippen molar-refractivity contribution < 1.29 is 66.4 Å². The lowest BCUT2D eigenvalue weighted by Crippen LogP contribution is -2.65. The fourth-order valence-corrected chi connectivity index (χ4v) is 9.28. The van der Waals surface area contributed by atoms with Gasteiger partial charge in [-0.05, 0) is 162 Å². The first-order valence-corrected chi connectivity index (χ1v) is 23.4. The molecular weight excluding hydrogens is 863 g/mol. The molecule has 16 nitrogen and oxygen atoms in total. The van der Waals surface area contributed by atoms with E-state index < -0.39 is 77.5 Å². The Hall–Kier alpha value is -5.03. The lowest BCUT2D eigenvalue weighted by molar-refractivity contribution is -0.199. The van der Waals surface area contributed by atoms with Crippen molar-refractivity contribution in [3.63, 3.8) is 0 Å². The average Bonchev–Trinajstić information content (AvgIpc) is 3.49. The summed E-state index contributed by atoms with van der Waals surface area (Å²) < 4.78 is 53.1. The van der Waals surface area contributed by atoms with Gasteiger partial charge in [-0.3, -0.25) is 4.79 Å². The summed E-state index contributed by atoms with van der Waals surface area (Å²) in [5.41, 5.74) is -2.55. The smallest absolute Gasteiger partial charge is 0.486 e. The standard InChI is InChI=1S/C50H71BN2O14/c1-45(2,3)62-41(55)38-35(21-18-30(39(38)61-44(58)65-48(10,11)12)22-23-51-66-37-26-31-25-36(49(31,13)14)50(37,15)67-51)59-33-27-53(28-33)40(54)34(52-42(56)63-46(4,5)6)24-29-16-19-32(20-17-29)60-43(57)64-47(7,8)9/h16-21,31,33-34,36-37H,22-28H2,1-15H3,(H,52,56)/t31-,34+,36-,37+,50-/m0/s1. The van der Waals surface area contributed by atoms with E-state index >= 15 is 0 Å². The summed E-state index contributed by atoms with van der Waals surface area (Å²) >= 11 is 0. The number of amides is 2. The number of ether oxygens (including phenoxy) is 7. The molecule has 0 unspecified atom stereocenters. The maximum absolute atomic E-state index is 14.2. The lowest BCUT2D eigenvalue weighted by Gasteiger charge is -2.64. The van der Waals surface area contributed by atoms with Gasteiger partial charge in [0.05, 0.1) is 24.8 Å². The van der Waals surface area contributed by atoms with E-state index in [1.165, 1.54) is 4.90 Å². The van der Waals surface area contributed by atoms with E-state index in [0.717, 1.165) is 12.8 Å². The Labute approximate surface area is 395 Å². The number of likely N-dealkylation sites (tertiary alicyclic amines) is 1. The number of carbonyl (C=O) groups excluding carboxylic acids is 5. The van der Waals surface area contributed by atoms with Crippen molar-refractivity contribution in [3.8, 4) is 17.2 Å². The van der Waals surface area contributed by atoms with Crippen LogP contribution in [0.15, 0.2) is 36.4 Å². The molecule has 2 amide bonds. The van der Waals surface area contributed by atoms with Crippen molar-refractivity contribution in [1.82, 2.24) is 10.2 Å². The summed E-state index contributed by atoms with van der Waals surface area (Å²) in [6.07, 6.45) is -0.391. The van der Waals surface area contributed by atoms with Crippen LogP contribution in [-0.4, -0.2) is 102 Å². The van der Waals surface area contributed by atoms with E-state index in [9.17, 15) is 24.0 Å². The zero-order valence-electron chi connectivity index (χ0n) is 42.0. The molecule has 67 heavy (non-hydrogen) atoms. The number of nitrogens with one attached hydrogen (secondary N) is 1. The van der Waals surface area contributed by atoms with Crippen LogP contribution in [0.5, 0.6) is 17.2 Å². The molecule has 5 aliphatic rings. The third-order valence-electron chi connectivity index (χ3n) is 12.4. The first-order valence-electron chi connectivity index (χ1n) is 23.4. The van der Waals surface area contributed by atoms with Gasteiger partial charge in [0.1, 0.15) is 51.6 Å². The van der Waals surface area contributed by atoms with Gasteiger partial charge >= 0.3 is 31.5 Å². The fourth-order valence-electron chi connectivity index (χ4n) is 9.28. The zero-order valence-corrected chi connectivity index (χ0v) is 42.0. The molecule has 3 saturated carbocycles. The SMILES string of the molecule is CC(C)(C)OC(=O)N[C@H](Cc1ccc(OC(=O)OC(C)(C)C)cc1)C(=O)N1CC(Oc2ccc(CCB3O[C@@H]4C[C@@H]5C[C@@H](C5(C)C)[C@]4(C)O3)c(OC(=O)OC(C)(C)C)c2C(=O)OC(C)(C)C)C1. The Bertz CT molecular complexity index is 2180. The fraction of sp³-hybridized carbons (Fsp3) is 0.660. The van der Waals surface area contributed by atoms with E-state index in [0.29, 0.717) is 35.7 Å². The second-order valence-electron chi connectivity index (χ2n) is 23.0. The summed E-state index contributed by atoms with van der Waals surface area (Å²) in [7, 11) is -0.509. The van der Waals surface area contributed by atoms with Gasteiger partial charge in [0.25, 0.3) is 0 Å². The van der Waals surface area contributed by atoms with Crippen LogP contribution in [0.2, 0.25) is 6.32 Å². The molecule has 2 aromatic rings. The minimum atomic E-state index is -1.05. The summed E-state index contributed by atoms with van der Waals surface area (Å²) in [4.78, 5) is 68.5. The number of carbonyl (C=O) groups is 5. The zero-order chi connectivity index (χ0) is 49.7. The molecule has 0 radical (unpaired) electrons. The van der Waals surface area contributed by atoms with Crippen molar-refractivity contribution in [2.24, 2.45) is 17.3 Å². The summed E-state index contributed by atoms with van der Waals surface area (Å²) in [5.74, 6) is 0.0422. The Morgan fingerprint density at radius 1 is 0.761 bits per heavy atom. The van der Waals surface area contributed by atoms with Crippen LogP contribution in [0.4, 0.5) is 14.4 Å². The largest absolute Gasteiger partial charge is 0.514 e. The number of aryl methyl sites for hydroxylation is 1. The van der Waals surface area contributed by atoms with Gasteiger partial charge in [-0.25, -0.2) is 19.2 Å². The lowest BCUT2D eigenvalue weighted by atomic mass is 9.43. The van der Waals surface area contributed by atoms with Crippen molar-refractivity contribution in [2.75, 3.05) is 13.1 Å². The Morgan fingerprint density at radius 2 is 1.34 bits per heavy atom.